The first kappa shape index (κ1) is 8.32. The Morgan fingerprint density at radius 3 is 2.92 bits per heavy atom. The molecule has 1 aromatic heterocycles. The van der Waals surface area contributed by atoms with Crippen LogP contribution in [0.5, 0.6) is 0 Å². The molecule has 2 rings (SSSR count). The lowest BCUT2D eigenvalue weighted by molar-refractivity contribution is 0.653. The Bertz CT molecular complexity index is 403. The number of aromatic nitrogens is 1. The molecule has 0 aliphatic rings. The second-order valence-corrected chi connectivity index (χ2v) is 3.33. The number of nitrogens with one attached hydrogen (secondary N) is 2. The molecule has 2 N–H and O–H groups in total. The van der Waals surface area contributed by atoms with Gasteiger partial charge in [-0.1, -0.05) is 12.1 Å². The summed E-state index contributed by atoms with van der Waals surface area (Å²) in [5.41, 5.74) is 2.53. The van der Waals surface area contributed by atoms with E-state index in [9.17, 15) is 0 Å². The van der Waals surface area contributed by atoms with E-state index in [1.807, 2.05) is 13.2 Å². The van der Waals surface area contributed by atoms with Crippen LogP contribution in [0.2, 0.25) is 0 Å². The zero-order valence-corrected chi connectivity index (χ0v) is 7.96. The van der Waals surface area contributed by atoms with Crippen LogP contribution in [0.15, 0.2) is 30.5 Å². The van der Waals surface area contributed by atoms with Crippen molar-refractivity contribution in [2.45, 2.75) is 13.0 Å². The van der Waals surface area contributed by atoms with Crippen molar-refractivity contribution >= 4 is 10.9 Å². The summed E-state index contributed by atoms with van der Waals surface area (Å²) in [6.45, 7) is 2.16. The van der Waals surface area contributed by atoms with Gasteiger partial charge in [-0.05, 0) is 37.1 Å². The van der Waals surface area contributed by atoms with Crippen LogP contribution in [0.3, 0.4) is 0 Å². The Morgan fingerprint density at radius 2 is 2.15 bits per heavy atom. The first-order valence-electron chi connectivity index (χ1n) is 4.55. The van der Waals surface area contributed by atoms with E-state index in [1.165, 1.54) is 16.5 Å². The molecule has 1 heterocycles. The highest BCUT2D eigenvalue weighted by atomic mass is 14.9. The lowest BCUT2D eigenvalue weighted by Gasteiger charge is -2.09. The van der Waals surface area contributed by atoms with Crippen molar-refractivity contribution in [1.29, 1.82) is 0 Å². The molecular weight excluding hydrogens is 160 g/mol. The number of hydrogen-bond acceptors (Lipinski definition) is 1. The predicted molar refractivity (Wildman–Crippen MR) is 55.8 cm³/mol. The molecule has 0 saturated heterocycles. The molecule has 2 heteroatoms. The van der Waals surface area contributed by atoms with Gasteiger partial charge in [-0.25, -0.2) is 0 Å². The van der Waals surface area contributed by atoms with Crippen molar-refractivity contribution in [3.8, 4) is 0 Å². The molecule has 1 unspecified atom stereocenters. The van der Waals surface area contributed by atoms with Gasteiger partial charge in [0, 0.05) is 17.8 Å². The average Bonchev–Trinajstić information content (AvgIpc) is 2.63. The Kier molecular flexibility index (Phi) is 2.07. The summed E-state index contributed by atoms with van der Waals surface area (Å²) in [4.78, 5) is 3.21. The lowest BCUT2D eigenvalue weighted by atomic mass is 10.1. The van der Waals surface area contributed by atoms with Gasteiger partial charge < -0.3 is 10.3 Å². The van der Waals surface area contributed by atoms with Gasteiger partial charge in [-0.2, -0.15) is 0 Å². The van der Waals surface area contributed by atoms with Crippen LogP contribution in [0.25, 0.3) is 10.9 Å². The summed E-state index contributed by atoms with van der Waals surface area (Å²) in [5.74, 6) is 0. The third-order valence-electron chi connectivity index (χ3n) is 2.51. The minimum atomic E-state index is 0.410. The number of fused-ring (bicyclic) bond motifs is 1. The molecule has 0 bridgehead atoms. The Morgan fingerprint density at radius 1 is 1.31 bits per heavy atom. The van der Waals surface area contributed by atoms with E-state index in [4.69, 9.17) is 0 Å². The van der Waals surface area contributed by atoms with Crippen molar-refractivity contribution in [2.24, 2.45) is 0 Å². The van der Waals surface area contributed by atoms with Crippen molar-refractivity contribution < 1.29 is 0 Å². The van der Waals surface area contributed by atoms with E-state index < -0.39 is 0 Å². The Balaban J connectivity index is 2.48. The quantitative estimate of drug-likeness (QED) is 0.719. The van der Waals surface area contributed by atoms with Crippen molar-refractivity contribution in [2.75, 3.05) is 7.05 Å². The molecule has 13 heavy (non-hydrogen) atoms. The SMILES string of the molecule is CNC(C)c1ccc2cc[nH]c2c1. The van der Waals surface area contributed by atoms with E-state index >= 15 is 0 Å². The molecule has 68 valence electrons. The molecule has 0 aliphatic carbocycles. The highest BCUT2D eigenvalue weighted by Crippen LogP contribution is 2.18. The van der Waals surface area contributed by atoms with Gasteiger partial charge in [0.15, 0.2) is 0 Å². The molecule has 0 radical (unpaired) electrons. The summed E-state index contributed by atoms with van der Waals surface area (Å²) >= 11 is 0. The first-order chi connectivity index (χ1) is 6.31. The fourth-order valence-electron chi connectivity index (χ4n) is 1.50. The standard InChI is InChI=1S/C11H14N2/c1-8(12-2)10-4-3-9-5-6-13-11(9)7-10/h3-8,12-13H,1-2H3. The Hall–Kier alpha value is -1.28. The van der Waals surface area contributed by atoms with Crippen molar-refractivity contribution in [3.05, 3.63) is 36.0 Å². The minimum Gasteiger partial charge on any atom is -0.361 e. The molecule has 0 fully saturated rings. The van der Waals surface area contributed by atoms with Crippen LogP contribution >= 0.6 is 0 Å². The lowest BCUT2D eigenvalue weighted by Crippen LogP contribution is -2.11. The smallest absolute Gasteiger partial charge is 0.0457 e. The molecule has 2 aromatic rings. The van der Waals surface area contributed by atoms with E-state index in [2.05, 4.69) is 41.5 Å². The van der Waals surface area contributed by atoms with Gasteiger partial charge in [0.2, 0.25) is 0 Å². The fraction of sp³-hybridized carbons (Fsp3) is 0.273. The normalized spacial score (nSPS) is 13.4. The van der Waals surface area contributed by atoms with Crippen LogP contribution in [0.4, 0.5) is 0 Å². The Labute approximate surface area is 78.0 Å². The van der Waals surface area contributed by atoms with Crippen LogP contribution in [-0.4, -0.2) is 12.0 Å². The van der Waals surface area contributed by atoms with E-state index in [0.29, 0.717) is 6.04 Å². The summed E-state index contributed by atoms with van der Waals surface area (Å²) in [5, 5.41) is 4.49. The zero-order valence-electron chi connectivity index (χ0n) is 7.96. The predicted octanol–water partition coefficient (Wildman–Crippen LogP) is 2.45. The summed E-state index contributed by atoms with van der Waals surface area (Å²) in [6.07, 6.45) is 1.97. The van der Waals surface area contributed by atoms with Crippen LogP contribution < -0.4 is 5.32 Å². The summed E-state index contributed by atoms with van der Waals surface area (Å²) in [6, 6.07) is 9.00. The van der Waals surface area contributed by atoms with Crippen molar-refractivity contribution in [1.82, 2.24) is 10.3 Å². The summed E-state index contributed by atoms with van der Waals surface area (Å²) < 4.78 is 0. The number of aromatic amines is 1. The maximum Gasteiger partial charge on any atom is 0.0457 e. The van der Waals surface area contributed by atoms with Gasteiger partial charge in [0.25, 0.3) is 0 Å². The zero-order chi connectivity index (χ0) is 9.26. The molecule has 0 spiro atoms. The van der Waals surface area contributed by atoms with E-state index in [0.717, 1.165) is 0 Å². The van der Waals surface area contributed by atoms with E-state index in [-0.39, 0.29) is 0 Å². The molecule has 2 nitrogen and oxygen atoms in total. The van der Waals surface area contributed by atoms with E-state index in [1.54, 1.807) is 0 Å². The fourth-order valence-corrected chi connectivity index (χ4v) is 1.50. The second kappa shape index (κ2) is 3.23. The second-order valence-electron chi connectivity index (χ2n) is 3.33. The van der Waals surface area contributed by atoms with Gasteiger partial charge in [0.1, 0.15) is 0 Å². The molecule has 0 saturated carbocycles. The third-order valence-corrected chi connectivity index (χ3v) is 2.51. The highest BCUT2D eigenvalue weighted by molar-refractivity contribution is 5.79. The highest BCUT2D eigenvalue weighted by Gasteiger charge is 2.02. The monoisotopic (exact) mass is 174 g/mol. The minimum absolute atomic E-state index is 0.410. The number of rotatable bonds is 2. The molecule has 0 amide bonds. The summed E-state index contributed by atoms with van der Waals surface area (Å²) in [7, 11) is 1.98. The maximum absolute atomic E-state index is 3.22. The van der Waals surface area contributed by atoms with Gasteiger partial charge in [-0.15, -0.1) is 0 Å². The van der Waals surface area contributed by atoms with Crippen LogP contribution in [-0.2, 0) is 0 Å². The molecule has 1 aromatic carbocycles. The van der Waals surface area contributed by atoms with Crippen LogP contribution in [0.1, 0.15) is 18.5 Å². The number of H-pyrrole nitrogens is 1. The molecular formula is C11H14N2. The maximum atomic E-state index is 3.22. The number of benzene rings is 1. The number of hydrogen-bond donors (Lipinski definition) is 2. The molecule has 1 atom stereocenters. The first-order valence-corrected chi connectivity index (χ1v) is 4.55. The van der Waals surface area contributed by atoms with Gasteiger partial charge in [0.05, 0.1) is 0 Å². The van der Waals surface area contributed by atoms with Gasteiger partial charge in [-0.3, -0.25) is 0 Å². The topological polar surface area (TPSA) is 27.8 Å². The molecule has 0 aliphatic heterocycles. The largest absolute Gasteiger partial charge is 0.361 e. The average molecular weight is 174 g/mol. The third kappa shape index (κ3) is 1.45. The van der Waals surface area contributed by atoms with Crippen LogP contribution in [0, 0.1) is 0 Å². The van der Waals surface area contributed by atoms with Crippen molar-refractivity contribution in [3.63, 3.8) is 0 Å². The van der Waals surface area contributed by atoms with Gasteiger partial charge >= 0.3 is 0 Å².